The molecule has 0 radical (unpaired) electrons. The third-order valence-electron chi connectivity index (χ3n) is 4.19. The van der Waals surface area contributed by atoms with Crippen LogP contribution in [0.3, 0.4) is 0 Å². The molecular weight excluding hydrogens is 416 g/mol. The van der Waals surface area contributed by atoms with Gasteiger partial charge in [-0.2, -0.15) is 0 Å². The Labute approximate surface area is 174 Å². The summed E-state index contributed by atoms with van der Waals surface area (Å²) in [5, 5.41) is -0.162. The summed E-state index contributed by atoms with van der Waals surface area (Å²) in [6, 6.07) is 11.5. The Balaban J connectivity index is 1.55. The van der Waals surface area contributed by atoms with Crippen molar-refractivity contribution in [2.45, 2.75) is 6.54 Å². The van der Waals surface area contributed by atoms with Crippen molar-refractivity contribution in [3.63, 3.8) is 0 Å². The predicted octanol–water partition coefficient (Wildman–Crippen LogP) is 4.53. The highest BCUT2D eigenvalue weighted by Crippen LogP contribution is 2.34. The van der Waals surface area contributed by atoms with Crippen molar-refractivity contribution >= 4 is 46.5 Å². The normalized spacial score (nSPS) is 15.5. The molecule has 1 aliphatic heterocycles. The number of rotatable bonds is 5. The molecule has 29 heavy (non-hydrogen) atoms. The largest absolute Gasteiger partial charge is 0.467 e. The standard InChI is InChI=1S/C20H13ClN2O5S/c21-15-8-11(3-5-14(15)18(22)24)16-6-4-12(28-16)9-17-19(25)23(20(26)29-17)10-13-2-1-7-27-13/h1-9H,10H2,(H2,22,24). The van der Waals surface area contributed by atoms with E-state index in [2.05, 4.69) is 0 Å². The number of halogens is 1. The van der Waals surface area contributed by atoms with E-state index in [1.54, 1.807) is 36.4 Å². The fourth-order valence-electron chi connectivity index (χ4n) is 2.78. The van der Waals surface area contributed by atoms with Crippen LogP contribution in [0.15, 0.2) is 62.5 Å². The molecule has 0 spiro atoms. The fraction of sp³-hybridized carbons (Fsp3) is 0.0500. The second-order valence-corrected chi connectivity index (χ2v) is 7.51. The van der Waals surface area contributed by atoms with Crippen LogP contribution in [-0.2, 0) is 11.3 Å². The maximum Gasteiger partial charge on any atom is 0.293 e. The van der Waals surface area contributed by atoms with Crippen molar-refractivity contribution in [3.8, 4) is 11.3 Å². The van der Waals surface area contributed by atoms with Crippen molar-refractivity contribution in [1.82, 2.24) is 4.90 Å². The molecule has 3 aromatic rings. The first-order valence-corrected chi connectivity index (χ1v) is 9.59. The number of carbonyl (C=O) groups is 3. The smallest absolute Gasteiger partial charge is 0.293 e. The van der Waals surface area contributed by atoms with Crippen LogP contribution in [0.2, 0.25) is 5.02 Å². The van der Waals surface area contributed by atoms with Gasteiger partial charge in [-0.1, -0.05) is 17.7 Å². The molecule has 2 N–H and O–H groups in total. The molecule has 146 valence electrons. The number of primary amides is 1. The van der Waals surface area contributed by atoms with E-state index in [-0.39, 0.29) is 27.3 Å². The number of furan rings is 2. The molecule has 3 amide bonds. The van der Waals surface area contributed by atoms with Gasteiger partial charge in [-0.3, -0.25) is 19.3 Å². The molecule has 0 atom stereocenters. The summed E-state index contributed by atoms with van der Waals surface area (Å²) in [5.41, 5.74) is 6.11. The summed E-state index contributed by atoms with van der Waals surface area (Å²) in [4.78, 5) is 37.4. The summed E-state index contributed by atoms with van der Waals surface area (Å²) in [7, 11) is 0. The number of amides is 3. The monoisotopic (exact) mass is 428 g/mol. The molecule has 3 heterocycles. The van der Waals surface area contributed by atoms with Gasteiger partial charge in [0.25, 0.3) is 11.1 Å². The average Bonchev–Trinajstić information content (AvgIpc) is 3.41. The van der Waals surface area contributed by atoms with Gasteiger partial charge in [-0.25, -0.2) is 0 Å². The first-order chi connectivity index (χ1) is 13.9. The highest BCUT2D eigenvalue weighted by molar-refractivity contribution is 8.18. The number of nitrogens with zero attached hydrogens (tertiary/aromatic N) is 1. The van der Waals surface area contributed by atoms with E-state index in [1.165, 1.54) is 18.4 Å². The predicted molar refractivity (Wildman–Crippen MR) is 108 cm³/mol. The van der Waals surface area contributed by atoms with E-state index >= 15 is 0 Å². The lowest BCUT2D eigenvalue weighted by molar-refractivity contribution is -0.123. The van der Waals surface area contributed by atoms with Crippen LogP contribution in [0.4, 0.5) is 4.79 Å². The topological polar surface area (TPSA) is 107 Å². The SMILES string of the molecule is NC(=O)c1ccc(-c2ccc(C=C3SC(=O)N(Cc4ccco4)C3=O)o2)cc1Cl. The Bertz CT molecular complexity index is 1150. The molecule has 0 saturated carbocycles. The Kier molecular flexibility index (Phi) is 5.04. The number of hydrogen-bond donors (Lipinski definition) is 1. The van der Waals surface area contributed by atoms with Gasteiger partial charge in [-0.15, -0.1) is 0 Å². The number of thioether (sulfide) groups is 1. The maximum atomic E-state index is 12.5. The third kappa shape index (κ3) is 3.85. The molecule has 0 bridgehead atoms. The summed E-state index contributed by atoms with van der Waals surface area (Å²) in [5.74, 6) is 0.378. The van der Waals surface area contributed by atoms with Crippen LogP contribution in [-0.4, -0.2) is 22.0 Å². The lowest BCUT2D eigenvalue weighted by Crippen LogP contribution is -2.27. The second kappa shape index (κ2) is 7.65. The number of benzene rings is 1. The molecular formula is C20H13ClN2O5S. The van der Waals surface area contributed by atoms with Crippen LogP contribution in [0.1, 0.15) is 21.9 Å². The van der Waals surface area contributed by atoms with Crippen LogP contribution in [0, 0.1) is 0 Å². The number of imide groups is 1. The van der Waals surface area contributed by atoms with Crippen molar-refractivity contribution in [2.24, 2.45) is 5.73 Å². The molecule has 9 heteroatoms. The Morgan fingerprint density at radius 3 is 2.72 bits per heavy atom. The van der Waals surface area contributed by atoms with E-state index < -0.39 is 11.8 Å². The van der Waals surface area contributed by atoms with Gasteiger partial charge in [0.15, 0.2) is 0 Å². The highest BCUT2D eigenvalue weighted by atomic mass is 35.5. The fourth-order valence-corrected chi connectivity index (χ4v) is 3.87. The minimum Gasteiger partial charge on any atom is -0.467 e. The zero-order valence-electron chi connectivity index (χ0n) is 14.8. The van der Waals surface area contributed by atoms with E-state index in [0.717, 1.165) is 16.7 Å². The summed E-state index contributed by atoms with van der Waals surface area (Å²) in [6.07, 6.45) is 2.99. The molecule has 1 fully saturated rings. The summed E-state index contributed by atoms with van der Waals surface area (Å²) < 4.78 is 10.9. The van der Waals surface area contributed by atoms with Crippen LogP contribution in [0.25, 0.3) is 17.4 Å². The van der Waals surface area contributed by atoms with Crippen molar-refractivity contribution in [1.29, 1.82) is 0 Å². The van der Waals surface area contributed by atoms with Gasteiger partial charge in [0.2, 0.25) is 5.91 Å². The van der Waals surface area contributed by atoms with Gasteiger partial charge in [-0.05, 0) is 48.2 Å². The molecule has 7 nitrogen and oxygen atoms in total. The summed E-state index contributed by atoms with van der Waals surface area (Å²) in [6.45, 7) is 0.0725. The van der Waals surface area contributed by atoms with E-state index in [1.807, 2.05) is 0 Å². The van der Waals surface area contributed by atoms with Crippen LogP contribution < -0.4 is 5.73 Å². The van der Waals surface area contributed by atoms with Gasteiger partial charge in [0.05, 0.1) is 28.3 Å². The zero-order valence-corrected chi connectivity index (χ0v) is 16.3. The highest BCUT2D eigenvalue weighted by Gasteiger charge is 2.35. The average molecular weight is 429 g/mol. The number of carbonyl (C=O) groups excluding carboxylic acids is 3. The zero-order chi connectivity index (χ0) is 20.5. The number of nitrogens with two attached hydrogens (primary N) is 1. The van der Waals surface area contributed by atoms with Crippen molar-refractivity contribution in [2.75, 3.05) is 0 Å². The third-order valence-corrected chi connectivity index (χ3v) is 5.41. The van der Waals surface area contributed by atoms with Crippen LogP contribution in [0.5, 0.6) is 0 Å². The molecule has 4 rings (SSSR count). The van der Waals surface area contributed by atoms with Crippen LogP contribution >= 0.6 is 23.4 Å². The minimum atomic E-state index is -0.619. The van der Waals surface area contributed by atoms with E-state index in [9.17, 15) is 14.4 Å². The Hall–Kier alpha value is -3.23. The van der Waals surface area contributed by atoms with Gasteiger partial charge in [0.1, 0.15) is 17.3 Å². The lowest BCUT2D eigenvalue weighted by atomic mass is 10.1. The first-order valence-electron chi connectivity index (χ1n) is 8.39. The van der Waals surface area contributed by atoms with Gasteiger partial charge in [0, 0.05) is 11.6 Å². The molecule has 0 unspecified atom stereocenters. The Morgan fingerprint density at radius 1 is 1.21 bits per heavy atom. The maximum absolute atomic E-state index is 12.5. The van der Waals surface area contributed by atoms with E-state index in [4.69, 9.17) is 26.2 Å². The number of hydrogen-bond acceptors (Lipinski definition) is 6. The summed E-state index contributed by atoms with van der Waals surface area (Å²) >= 11 is 6.91. The lowest BCUT2D eigenvalue weighted by Gasteiger charge is -2.09. The van der Waals surface area contributed by atoms with E-state index in [0.29, 0.717) is 22.8 Å². The Morgan fingerprint density at radius 2 is 2.03 bits per heavy atom. The second-order valence-electron chi connectivity index (χ2n) is 6.11. The quantitative estimate of drug-likeness (QED) is 0.598. The first kappa shape index (κ1) is 19.1. The molecule has 0 aliphatic carbocycles. The molecule has 1 saturated heterocycles. The molecule has 2 aromatic heterocycles. The van der Waals surface area contributed by atoms with Gasteiger partial charge < -0.3 is 14.6 Å². The molecule has 1 aromatic carbocycles. The van der Waals surface area contributed by atoms with Crippen molar-refractivity contribution in [3.05, 3.63) is 75.7 Å². The van der Waals surface area contributed by atoms with Crippen molar-refractivity contribution < 1.29 is 23.2 Å². The molecule has 1 aliphatic rings. The van der Waals surface area contributed by atoms with Gasteiger partial charge >= 0.3 is 0 Å². The minimum absolute atomic E-state index is 0.0725.